The van der Waals surface area contributed by atoms with Gasteiger partial charge < -0.3 is 19.7 Å². The van der Waals surface area contributed by atoms with E-state index >= 15 is 0 Å². The summed E-state index contributed by atoms with van der Waals surface area (Å²) < 4.78 is 9.73. The highest BCUT2D eigenvalue weighted by Crippen LogP contribution is 2.50. The topological polar surface area (TPSA) is 84.9 Å². The third kappa shape index (κ3) is 3.18. The van der Waals surface area contributed by atoms with E-state index in [0.29, 0.717) is 5.75 Å². The van der Waals surface area contributed by atoms with Gasteiger partial charge in [-0.25, -0.2) is 4.79 Å². The van der Waals surface area contributed by atoms with Crippen LogP contribution in [0.25, 0.3) is 0 Å². The van der Waals surface area contributed by atoms with E-state index in [1.54, 1.807) is 12.1 Å². The molecule has 2 aliphatic heterocycles. The fourth-order valence-electron chi connectivity index (χ4n) is 3.12. The third-order valence-corrected chi connectivity index (χ3v) is 5.87. The lowest BCUT2D eigenvalue weighted by atomic mass is 9.96. The average molecular weight is 364 g/mol. The van der Waals surface area contributed by atoms with Gasteiger partial charge in [0.2, 0.25) is 5.91 Å². The number of rotatable bonds is 5. The maximum absolute atomic E-state index is 12.4. The van der Waals surface area contributed by atoms with Crippen LogP contribution in [0.1, 0.15) is 13.8 Å². The zero-order chi connectivity index (χ0) is 18.2. The van der Waals surface area contributed by atoms with Gasteiger partial charge in [0.1, 0.15) is 23.2 Å². The molecule has 0 unspecified atom stereocenters. The number of methoxy groups -OCH3 is 1. The summed E-state index contributed by atoms with van der Waals surface area (Å²) in [6, 6.07) is 7.68. The molecule has 0 radical (unpaired) electrons. The van der Waals surface area contributed by atoms with Crippen LogP contribution in [0.15, 0.2) is 30.3 Å². The predicted molar refractivity (Wildman–Crippen MR) is 92.0 cm³/mol. The van der Waals surface area contributed by atoms with Crippen molar-refractivity contribution in [3.63, 3.8) is 0 Å². The van der Waals surface area contributed by atoms with Gasteiger partial charge in [0, 0.05) is 4.75 Å². The van der Waals surface area contributed by atoms with Crippen LogP contribution in [-0.2, 0) is 19.1 Å². The maximum atomic E-state index is 12.4. The number of carbonyl (C=O) groups is 3. The Bertz CT molecular complexity index is 694. The highest BCUT2D eigenvalue weighted by atomic mass is 32.2. The molecule has 0 aromatic heterocycles. The fourth-order valence-corrected chi connectivity index (χ4v) is 4.74. The van der Waals surface area contributed by atoms with Crippen LogP contribution >= 0.6 is 11.8 Å². The van der Waals surface area contributed by atoms with E-state index in [0.717, 1.165) is 0 Å². The molecule has 2 fully saturated rings. The van der Waals surface area contributed by atoms with Crippen molar-refractivity contribution >= 4 is 29.5 Å². The maximum Gasteiger partial charge on any atom is 0.330 e. The summed E-state index contributed by atoms with van der Waals surface area (Å²) in [5, 5.41) is 2.42. The van der Waals surface area contributed by atoms with Gasteiger partial charge in [-0.15, -0.1) is 11.8 Å². The van der Waals surface area contributed by atoms with Crippen LogP contribution < -0.4 is 10.1 Å². The molecular weight excluding hydrogens is 344 g/mol. The first-order valence-corrected chi connectivity index (χ1v) is 8.78. The molecule has 7 nitrogen and oxygen atoms in total. The van der Waals surface area contributed by atoms with Crippen molar-refractivity contribution in [1.82, 2.24) is 10.2 Å². The summed E-state index contributed by atoms with van der Waals surface area (Å²) >= 11 is 1.49. The molecule has 0 spiro atoms. The number of nitrogens with zero attached hydrogens (tertiary/aromatic N) is 1. The smallest absolute Gasteiger partial charge is 0.330 e. The molecule has 3 atom stereocenters. The lowest BCUT2D eigenvalue weighted by Gasteiger charge is -2.43. The molecule has 134 valence electrons. The number of fused-ring (bicyclic) bond motifs is 1. The van der Waals surface area contributed by atoms with Crippen LogP contribution in [0.4, 0.5) is 0 Å². The van der Waals surface area contributed by atoms with Gasteiger partial charge in [-0.2, -0.15) is 0 Å². The molecular formula is C17H20N2O5S. The van der Waals surface area contributed by atoms with Gasteiger partial charge in [0.15, 0.2) is 6.61 Å². The van der Waals surface area contributed by atoms with Gasteiger partial charge >= 0.3 is 5.97 Å². The monoisotopic (exact) mass is 364 g/mol. The molecule has 1 aromatic carbocycles. The van der Waals surface area contributed by atoms with Crippen molar-refractivity contribution in [1.29, 1.82) is 0 Å². The van der Waals surface area contributed by atoms with Crippen LogP contribution in [0.3, 0.4) is 0 Å². The second kappa shape index (κ2) is 6.59. The van der Waals surface area contributed by atoms with E-state index in [1.165, 1.54) is 23.8 Å². The Hall–Kier alpha value is -2.22. The van der Waals surface area contributed by atoms with Gasteiger partial charge in [0.25, 0.3) is 5.91 Å². The molecule has 2 heterocycles. The lowest BCUT2D eigenvalue weighted by molar-refractivity contribution is -0.162. The number of para-hydroxylation sites is 1. The number of nitrogens with one attached hydrogen (secondary N) is 1. The van der Waals surface area contributed by atoms with Gasteiger partial charge in [-0.3, -0.25) is 9.59 Å². The van der Waals surface area contributed by atoms with Crippen molar-refractivity contribution in [2.24, 2.45) is 0 Å². The molecule has 1 aromatic rings. The number of ether oxygens (including phenoxy) is 2. The zero-order valence-electron chi connectivity index (χ0n) is 14.2. The van der Waals surface area contributed by atoms with E-state index < -0.39 is 22.8 Å². The van der Waals surface area contributed by atoms with Gasteiger partial charge in [0.05, 0.1) is 7.11 Å². The Morgan fingerprint density at radius 3 is 2.60 bits per heavy atom. The summed E-state index contributed by atoms with van der Waals surface area (Å²) in [5.41, 5.74) is 0. The van der Waals surface area contributed by atoms with E-state index in [4.69, 9.17) is 9.47 Å². The van der Waals surface area contributed by atoms with E-state index in [1.807, 2.05) is 32.0 Å². The summed E-state index contributed by atoms with van der Waals surface area (Å²) in [6.45, 7) is 3.61. The van der Waals surface area contributed by atoms with Crippen LogP contribution in [-0.4, -0.2) is 58.6 Å². The highest BCUT2D eigenvalue weighted by molar-refractivity contribution is 8.01. The van der Waals surface area contributed by atoms with Gasteiger partial charge in [-0.1, -0.05) is 18.2 Å². The predicted octanol–water partition coefficient (Wildman–Crippen LogP) is 0.786. The molecule has 0 aliphatic carbocycles. The van der Waals surface area contributed by atoms with Crippen molar-refractivity contribution in [3.8, 4) is 5.75 Å². The first-order chi connectivity index (χ1) is 11.8. The molecule has 2 aliphatic rings. The van der Waals surface area contributed by atoms with Crippen molar-refractivity contribution in [3.05, 3.63) is 30.3 Å². The van der Waals surface area contributed by atoms with E-state index in [2.05, 4.69) is 5.32 Å². The molecule has 25 heavy (non-hydrogen) atoms. The largest absolute Gasteiger partial charge is 0.484 e. The molecule has 1 N–H and O–H groups in total. The minimum Gasteiger partial charge on any atom is -0.484 e. The van der Waals surface area contributed by atoms with E-state index in [-0.39, 0.29) is 23.8 Å². The number of carbonyl (C=O) groups excluding carboxylic acids is 3. The zero-order valence-corrected chi connectivity index (χ0v) is 15.0. The second-order valence-electron chi connectivity index (χ2n) is 6.43. The number of thioether (sulfide) groups is 1. The quantitative estimate of drug-likeness (QED) is 0.614. The highest BCUT2D eigenvalue weighted by Gasteiger charge is 2.64. The summed E-state index contributed by atoms with van der Waals surface area (Å²) in [5.74, 6) is -0.500. The number of hydrogen-bond acceptors (Lipinski definition) is 6. The fraction of sp³-hybridized carbons (Fsp3) is 0.471. The van der Waals surface area contributed by atoms with Crippen LogP contribution in [0.2, 0.25) is 0 Å². The number of esters is 1. The van der Waals surface area contributed by atoms with E-state index in [9.17, 15) is 14.4 Å². The Labute approximate surface area is 150 Å². The Morgan fingerprint density at radius 2 is 1.96 bits per heavy atom. The summed E-state index contributed by atoms with van der Waals surface area (Å²) in [4.78, 5) is 38.0. The van der Waals surface area contributed by atoms with Crippen molar-refractivity contribution in [2.75, 3.05) is 13.7 Å². The Morgan fingerprint density at radius 1 is 1.28 bits per heavy atom. The Balaban J connectivity index is 1.59. The van der Waals surface area contributed by atoms with Gasteiger partial charge in [-0.05, 0) is 26.0 Å². The molecule has 2 saturated heterocycles. The standard InChI is InChI=1S/C17H20N2O5S/c1-17(2)13(16(22)23-3)19-14(21)12(15(19)25-17)18-11(20)9-24-10-7-5-4-6-8-10/h4-8,12-13,15H,9H2,1-3H3,(H,18,20)/t12-,13-,15+/m0/s1. The van der Waals surface area contributed by atoms with Crippen LogP contribution in [0, 0.1) is 0 Å². The molecule has 0 saturated carbocycles. The first kappa shape index (κ1) is 17.6. The second-order valence-corrected chi connectivity index (χ2v) is 8.20. The summed E-state index contributed by atoms with van der Waals surface area (Å²) in [6.07, 6.45) is 0. The molecule has 0 bridgehead atoms. The SMILES string of the molecule is COC(=O)[C@@H]1N2C(=O)[C@H](NC(=O)COc3ccccc3)[C@H]2SC1(C)C. The van der Waals surface area contributed by atoms with Crippen molar-refractivity contribution in [2.45, 2.75) is 36.1 Å². The van der Waals surface area contributed by atoms with Crippen LogP contribution in [0.5, 0.6) is 5.75 Å². The number of benzene rings is 1. The minimum absolute atomic E-state index is 0.172. The minimum atomic E-state index is -0.647. The molecule has 3 rings (SSSR count). The Kier molecular flexibility index (Phi) is 4.64. The number of amides is 2. The first-order valence-electron chi connectivity index (χ1n) is 7.90. The third-order valence-electron chi connectivity index (χ3n) is 4.30. The van der Waals surface area contributed by atoms with Crippen molar-refractivity contribution < 1.29 is 23.9 Å². The lowest BCUT2D eigenvalue weighted by Crippen LogP contribution is -2.71. The summed E-state index contributed by atoms with van der Waals surface area (Å²) in [7, 11) is 1.31. The average Bonchev–Trinajstić information content (AvgIpc) is 2.86. The number of β-lactam (4-membered cyclic amide) rings is 1. The number of hydrogen-bond donors (Lipinski definition) is 1. The molecule has 8 heteroatoms. The molecule has 2 amide bonds. The normalized spacial score (nSPS) is 26.4.